The van der Waals surface area contributed by atoms with Gasteiger partial charge in [0.25, 0.3) is 0 Å². The number of carboxylic acid groups (broad SMARTS) is 1. The average molecular weight is 296 g/mol. The van der Waals surface area contributed by atoms with E-state index in [4.69, 9.17) is 5.11 Å². The minimum Gasteiger partial charge on any atom is -0.478 e. The monoisotopic (exact) mass is 296 g/mol. The number of hydrogen-bond acceptors (Lipinski definition) is 3. The van der Waals surface area contributed by atoms with E-state index in [0.29, 0.717) is 19.8 Å². The van der Waals surface area contributed by atoms with E-state index in [1.165, 1.54) is 0 Å². The van der Waals surface area contributed by atoms with Crippen LogP contribution in [0.4, 0.5) is 5.69 Å². The number of anilines is 1. The SMILES string of the molecule is O=C(O)c1cccc(CN2CN(c3ccccc3)CC2=O)c1. The van der Waals surface area contributed by atoms with Crippen molar-refractivity contribution in [1.29, 1.82) is 0 Å². The highest BCUT2D eigenvalue weighted by Crippen LogP contribution is 2.20. The molecule has 3 rings (SSSR count). The van der Waals surface area contributed by atoms with Gasteiger partial charge < -0.3 is 14.9 Å². The van der Waals surface area contributed by atoms with Gasteiger partial charge in [-0.25, -0.2) is 4.79 Å². The molecule has 0 bridgehead atoms. The highest BCUT2D eigenvalue weighted by Gasteiger charge is 2.27. The van der Waals surface area contributed by atoms with Gasteiger partial charge in [0.2, 0.25) is 5.91 Å². The van der Waals surface area contributed by atoms with Gasteiger partial charge in [0.05, 0.1) is 18.8 Å². The zero-order valence-corrected chi connectivity index (χ0v) is 12.0. The van der Waals surface area contributed by atoms with E-state index in [1.54, 1.807) is 23.1 Å². The number of amides is 1. The maximum atomic E-state index is 12.1. The van der Waals surface area contributed by atoms with Gasteiger partial charge >= 0.3 is 5.97 Å². The highest BCUT2D eigenvalue weighted by molar-refractivity contribution is 5.88. The van der Waals surface area contributed by atoms with E-state index in [0.717, 1.165) is 11.3 Å². The van der Waals surface area contributed by atoms with Crippen LogP contribution in [0, 0.1) is 0 Å². The second kappa shape index (κ2) is 5.89. The molecule has 5 nitrogen and oxygen atoms in total. The third-order valence-corrected chi connectivity index (χ3v) is 3.69. The lowest BCUT2D eigenvalue weighted by Gasteiger charge is -2.19. The normalized spacial score (nSPS) is 14.5. The van der Waals surface area contributed by atoms with Crippen LogP contribution in [-0.4, -0.2) is 35.1 Å². The van der Waals surface area contributed by atoms with E-state index in [9.17, 15) is 9.59 Å². The number of hydrogen-bond donors (Lipinski definition) is 1. The lowest BCUT2D eigenvalue weighted by Crippen LogP contribution is -2.26. The molecule has 5 heteroatoms. The lowest BCUT2D eigenvalue weighted by molar-refractivity contribution is -0.127. The Kier molecular flexibility index (Phi) is 3.78. The Morgan fingerprint density at radius 3 is 2.59 bits per heavy atom. The molecule has 1 saturated heterocycles. The molecule has 22 heavy (non-hydrogen) atoms. The number of carbonyl (C=O) groups is 2. The van der Waals surface area contributed by atoms with Crippen molar-refractivity contribution in [2.75, 3.05) is 18.1 Å². The van der Waals surface area contributed by atoms with Crippen LogP contribution in [-0.2, 0) is 11.3 Å². The second-order valence-electron chi connectivity index (χ2n) is 5.27. The van der Waals surface area contributed by atoms with Crippen molar-refractivity contribution in [2.45, 2.75) is 6.54 Å². The Balaban J connectivity index is 1.72. The third kappa shape index (κ3) is 2.93. The Morgan fingerprint density at radius 2 is 1.86 bits per heavy atom. The Labute approximate surface area is 128 Å². The summed E-state index contributed by atoms with van der Waals surface area (Å²) >= 11 is 0. The zero-order valence-electron chi connectivity index (χ0n) is 12.0. The van der Waals surface area contributed by atoms with Crippen molar-refractivity contribution in [3.05, 3.63) is 65.7 Å². The molecule has 1 heterocycles. The highest BCUT2D eigenvalue weighted by atomic mass is 16.4. The van der Waals surface area contributed by atoms with Gasteiger partial charge in [0, 0.05) is 12.2 Å². The Bertz CT molecular complexity index is 700. The van der Waals surface area contributed by atoms with Gasteiger partial charge in [-0.3, -0.25) is 4.79 Å². The number of carboxylic acids is 1. The van der Waals surface area contributed by atoms with Crippen LogP contribution in [0.3, 0.4) is 0 Å². The smallest absolute Gasteiger partial charge is 0.335 e. The molecule has 0 spiro atoms. The maximum absolute atomic E-state index is 12.1. The van der Waals surface area contributed by atoms with Crippen LogP contribution >= 0.6 is 0 Å². The van der Waals surface area contributed by atoms with Gasteiger partial charge in [0.1, 0.15) is 0 Å². The number of benzene rings is 2. The molecule has 1 N–H and O–H groups in total. The fourth-order valence-electron chi connectivity index (χ4n) is 2.57. The van der Waals surface area contributed by atoms with E-state index in [-0.39, 0.29) is 11.5 Å². The summed E-state index contributed by atoms with van der Waals surface area (Å²) in [7, 11) is 0. The van der Waals surface area contributed by atoms with Crippen molar-refractivity contribution in [2.24, 2.45) is 0 Å². The number of nitrogens with zero attached hydrogens (tertiary/aromatic N) is 2. The predicted octanol–water partition coefficient (Wildman–Crippen LogP) is 2.19. The van der Waals surface area contributed by atoms with Crippen molar-refractivity contribution < 1.29 is 14.7 Å². The molecule has 0 saturated carbocycles. The van der Waals surface area contributed by atoms with E-state index >= 15 is 0 Å². The first-order valence-corrected chi connectivity index (χ1v) is 7.03. The summed E-state index contributed by atoms with van der Waals surface area (Å²) in [5.74, 6) is -0.912. The summed E-state index contributed by atoms with van der Waals surface area (Å²) in [4.78, 5) is 26.9. The summed E-state index contributed by atoms with van der Waals surface area (Å²) in [5.41, 5.74) is 2.07. The molecule has 0 unspecified atom stereocenters. The van der Waals surface area contributed by atoms with Gasteiger partial charge in [-0.05, 0) is 29.8 Å². The molecular weight excluding hydrogens is 280 g/mol. The molecule has 2 aromatic carbocycles. The summed E-state index contributed by atoms with van der Waals surface area (Å²) in [6.07, 6.45) is 0. The molecule has 0 aromatic heterocycles. The molecule has 112 valence electrons. The molecule has 0 atom stereocenters. The lowest BCUT2D eigenvalue weighted by atomic mass is 10.1. The Morgan fingerprint density at radius 1 is 1.09 bits per heavy atom. The topological polar surface area (TPSA) is 60.9 Å². The number of rotatable bonds is 4. The fraction of sp³-hybridized carbons (Fsp3) is 0.176. The first-order valence-electron chi connectivity index (χ1n) is 7.03. The zero-order chi connectivity index (χ0) is 15.5. The first-order chi connectivity index (χ1) is 10.6. The van der Waals surface area contributed by atoms with Crippen molar-refractivity contribution in [1.82, 2.24) is 4.90 Å². The van der Waals surface area contributed by atoms with Crippen molar-refractivity contribution in [3.63, 3.8) is 0 Å². The standard InChI is InChI=1S/C17H16N2O3/c20-16-11-18(15-7-2-1-3-8-15)12-19(16)10-13-5-4-6-14(9-13)17(21)22/h1-9H,10-12H2,(H,21,22). The first kappa shape index (κ1) is 14.1. The van der Waals surface area contributed by atoms with Crippen LogP contribution in [0.1, 0.15) is 15.9 Å². The molecule has 1 fully saturated rings. The fourth-order valence-corrected chi connectivity index (χ4v) is 2.57. The quantitative estimate of drug-likeness (QED) is 0.939. The molecule has 1 aliphatic rings. The molecule has 1 amide bonds. The van der Waals surface area contributed by atoms with E-state index in [2.05, 4.69) is 0 Å². The molecule has 2 aromatic rings. The van der Waals surface area contributed by atoms with Crippen LogP contribution in [0.25, 0.3) is 0 Å². The van der Waals surface area contributed by atoms with Gasteiger partial charge in [-0.15, -0.1) is 0 Å². The van der Waals surface area contributed by atoms with Gasteiger partial charge in [-0.2, -0.15) is 0 Å². The summed E-state index contributed by atoms with van der Waals surface area (Å²) in [5, 5.41) is 9.02. The largest absolute Gasteiger partial charge is 0.478 e. The summed E-state index contributed by atoms with van der Waals surface area (Å²) < 4.78 is 0. The number of para-hydroxylation sites is 1. The minimum atomic E-state index is -0.958. The van der Waals surface area contributed by atoms with Crippen LogP contribution in [0.2, 0.25) is 0 Å². The summed E-state index contributed by atoms with van der Waals surface area (Å²) in [6.45, 7) is 1.28. The average Bonchev–Trinajstić information content (AvgIpc) is 2.89. The van der Waals surface area contributed by atoms with E-state index < -0.39 is 5.97 Å². The van der Waals surface area contributed by atoms with Crippen LogP contribution < -0.4 is 4.90 Å². The van der Waals surface area contributed by atoms with Gasteiger partial charge in [0.15, 0.2) is 0 Å². The molecule has 0 radical (unpaired) electrons. The third-order valence-electron chi connectivity index (χ3n) is 3.69. The van der Waals surface area contributed by atoms with Crippen molar-refractivity contribution >= 4 is 17.6 Å². The predicted molar refractivity (Wildman–Crippen MR) is 82.6 cm³/mol. The number of carbonyl (C=O) groups excluding carboxylic acids is 1. The van der Waals surface area contributed by atoms with E-state index in [1.807, 2.05) is 41.3 Å². The Hall–Kier alpha value is -2.82. The summed E-state index contributed by atoms with van der Waals surface area (Å²) in [6, 6.07) is 16.5. The van der Waals surface area contributed by atoms with Gasteiger partial charge in [-0.1, -0.05) is 30.3 Å². The van der Waals surface area contributed by atoms with Crippen LogP contribution in [0.5, 0.6) is 0 Å². The molecule has 1 aliphatic heterocycles. The maximum Gasteiger partial charge on any atom is 0.335 e. The molecular formula is C17H16N2O3. The second-order valence-corrected chi connectivity index (χ2v) is 5.27. The van der Waals surface area contributed by atoms with Crippen LogP contribution in [0.15, 0.2) is 54.6 Å². The minimum absolute atomic E-state index is 0.0459. The van der Waals surface area contributed by atoms with Crippen molar-refractivity contribution in [3.8, 4) is 0 Å². The number of aromatic carboxylic acids is 1. The molecule has 0 aliphatic carbocycles.